The minimum Gasteiger partial charge on any atom is -0.447 e. The van der Waals surface area contributed by atoms with Gasteiger partial charge in [0.25, 0.3) is 0 Å². The Balaban J connectivity index is 2.36. The van der Waals surface area contributed by atoms with Gasteiger partial charge in [-0.05, 0) is 12.1 Å². The molecular formula is C9H7ClFNO2. The van der Waals surface area contributed by atoms with Crippen molar-refractivity contribution in [3.8, 4) is 0 Å². The molecule has 1 aromatic carbocycles. The van der Waals surface area contributed by atoms with Crippen LogP contribution < -0.4 is 5.32 Å². The maximum atomic E-state index is 13.3. The third kappa shape index (κ3) is 1.53. The minimum absolute atomic E-state index is 0.111. The van der Waals surface area contributed by atoms with Gasteiger partial charge in [0, 0.05) is 10.6 Å². The third-order valence-electron chi connectivity index (χ3n) is 2.02. The van der Waals surface area contributed by atoms with Crippen molar-refractivity contribution in [2.45, 2.75) is 6.04 Å². The molecule has 0 bridgehead atoms. The van der Waals surface area contributed by atoms with Crippen LogP contribution in [0.15, 0.2) is 18.2 Å². The highest BCUT2D eigenvalue weighted by Crippen LogP contribution is 2.28. The van der Waals surface area contributed by atoms with E-state index < -0.39 is 18.0 Å². The maximum absolute atomic E-state index is 13.3. The van der Waals surface area contributed by atoms with E-state index >= 15 is 0 Å². The quantitative estimate of drug-likeness (QED) is 0.781. The molecule has 0 saturated carbocycles. The number of nitrogens with one attached hydrogen (secondary N) is 1. The van der Waals surface area contributed by atoms with E-state index in [2.05, 4.69) is 10.1 Å². The zero-order chi connectivity index (χ0) is 10.1. The summed E-state index contributed by atoms with van der Waals surface area (Å²) in [6.45, 7) is 0.111. The van der Waals surface area contributed by atoms with Gasteiger partial charge in [-0.2, -0.15) is 0 Å². The van der Waals surface area contributed by atoms with Crippen LogP contribution in [0.2, 0.25) is 5.02 Å². The van der Waals surface area contributed by atoms with Crippen molar-refractivity contribution in [1.82, 2.24) is 5.32 Å². The van der Waals surface area contributed by atoms with Gasteiger partial charge in [0.05, 0.1) is 6.04 Å². The van der Waals surface area contributed by atoms with Gasteiger partial charge in [-0.1, -0.05) is 17.7 Å². The molecule has 1 aromatic rings. The number of rotatable bonds is 1. The highest BCUT2D eigenvalue weighted by Gasteiger charge is 2.27. The van der Waals surface area contributed by atoms with E-state index in [1.54, 1.807) is 6.07 Å². The molecule has 1 saturated heterocycles. The molecule has 1 N–H and O–H groups in total. The molecule has 1 amide bonds. The summed E-state index contributed by atoms with van der Waals surface area (Å²) in [5.74, 6) is -0.437. The monoisotopic (exact) mass is 215 g/mol. The Morgan fingerprint density at radius 3 is 2.93 bits per heavy atom. The summed E-state index contributed by atoms with van der Waals surface area (Å²) in [7, 11) is 0. The number of benzene rings is 1. The lowest BCUT2D eigenvalue weighted by Crippen LogP contribution is -2.19. The smallest absolute Gasteiger partial charge is 0.407 e. The Labute approximate surface area is 84.8 Å². The zero-order valence-electron chi connectivity index (χ0n) is 7.09. The summed E-state index contributed by atoms with van der Waals surface area (Å²) >= 11 is 5.81. The van der Waals surface area contributed by atoms with Gasteiger partial charge in [-0.15, -0.1) is 0 Å². The average Bonchev–Trinajstić information content (AvgIpc) is 2.51. The highest BCUT2D eigenvalue weighted by molar-refractivity contribution is 6.31. The van der Waals surface area contributed by atoms with Crippen molar-refractivity contribution in [3.63, 3.8) is 0 Å². The summed E-state index contributed by atoms with van der Waals surface area (Å²) in [5.41, 5.74) is 0.278. The second-order valence-corrected chi connectivity index (χ2v) is 3.34. The average molecular weight is 216 g/mol. The highest BCUT2D eigenvalue weighted by atomic mass is 35.5. The molecule has 1 aliphatic rings. The molecule has 14 heavy (non-hydrogen) atoms. The van der Waals surface area contributed by atoms with E-state index in [1.807, 2.05) is 0 Å². The first-order valence-electron chi connectivity index (χ1n) is 4.05. The molecule has 3 nitrogen and oxygen atoms in total. The number of ether oxygens (including phenoxy) is 1. The van der Waals surface area contributed by atoms with Crippen LogP contribution in [0.1, 0.15) is 11.6 Å². The normalized spacial score (nSPS) is 20.4. The van der Waals surface area contributed by atoms with Crippen LogP contribution in [0.5, 0.6) is 0 Å². The number of hydrogen-bond donors (Lipinski definition) is 1. The van der Waals surface area contributed by atoms with E-state index in [1.165, 1.54) is 12.1 Å². The van der Waals surface area contributed by atoms with Gasteiger partial charge in [0.1, 0.15) is 12.4 Å². The maximum Gasteiger partial charge on any atom is 0.407 e. The fourth-order valence-electron chi connectivity index (χ4n) is 1.38. The molecule has 0 radical (unpaired) electrons. The molecule has 1 unspecified atom stereocenters. The molecule has 0 aromatic heterocycles. The lowest BCUT2D eigenvalue weighted by Gasteiger charge is -2.10. The molecule has 2 rings (SSSR count). The van der Waals surface area contributed by atoms with Crippen molar-refractivity contribution in [1.29, 1.82) is 0 Å². The molecule has 0 aliphatic carbocycles. The van der Waals surface area contributed by atoms with Crippen molar-refractivity contribution in [2.75, 3.05) is 6.61 Å². The summed E-state index contributed by atoms with van der Waals surface area (Å²) in [6.07, 6.45) is -0.547. The van der Waals surface area contributed by atoms with Crippen LogP contribution in [0.3, 0.4) is 0 Å². The third-order valence-corrected chi connectivity index (χ3v) is 2.35. The van der Waals surface area contributed by atoms with Crippen LogP contribution in [-0.4, -0.2) is 12.7 Å². The molecular weight excluding hydrogens is 209 g/mol. The molecule has 1 aliphatic heterocycles. The van der Waals surface area contributed by atoms with Crippen LogP contribution in [0, 0.1) is 5.82 Å². The number of amides is 1. The molecule has 1 heterocycles. The van der Waals surface area contributed by atoms with Crippen molar-refractivity contribution in [3.05, 3.63) is 34.6 Å². The van der Waals surface area contributed by atoms with Gasteiger partial charge in [0.15, 0.2) is 0 Å². The van der Waals surface area contributed by atoms with Crippen molar-refractivity contribution < 1.29 is 13.9 Å². The first kappa shape index (κ1) is 9.27. The Kier molecular flexibility index (Phi) is 2.29. The Morgan fingerprint density at radius 1 is 1.57 bits per heavy atom. The van der Waals surface area contributed by atoms with Crippen molar-refractivity contribution in [2.24, 2.45) is 0 Å². The number of carbonyl (C=O) groups is 1. The number of alkyl carbamates (subject to hydrolysis) is 1. The second kappa shape index (κ2) is 3.46. The number of hydrogen-bond acceptors (Lipinski definition) is 2. The van der Waals surface area contributed by atoms with Gasteiger partial charge < -0.3 is 10.1 Å². The number of halogens is 2. The molecule has 1 fully saturated rings. The van der Waals surface area contributed by atoms with Crippen molar-refractivity contribution >= 4 is 17.7 Å². The molecule has 0 spiro atoms. The van der Waals surface area contributed by atoms with Gasteiger partial charge in [-0.3, -0.25) is 0 Å². The lowest BCUT2D eigenvalue weighted by molar-refractivity contribution is 0.177. The van der Waals surface area contributed by atoms with Gasteiger partial charge in [0.2, 0.25) is 0 Å². The number of cyclic esters (lactones) is 1. The first-order chi connectivity index (χ1) is 6.68. The Hall–Kier alpha value is -1.29. The molecule has 74 valence electrons. The topological polar surface area (TPSA) is 38.3 Å². The predicted molar refractivity (Wildman–Crippen MR) is 48.6 cm³/mol. The minimum atomic E-state index is -0.547. The summed E-state index contributed by atoms with van der Waals surface area (Å²) in [4.78, 5) is 10.8. The van der Waals surface area contributed by atoms with Gasteiger partial charge >= 0.3 is 6.09 Å². The zero-order valence-corrected chi connectivity index (χ0v) is 7.84. The first-order valence-corrected chi connectivity index (χ1v) is 4.43. The van der Waals surface area contributed by atoms with Crippen LogP contribution >= 0.6 is 11.6 Å². The van der Waals surface area contributed by atoms with E-state index in [0.29, 0.717) is 5.02 Å². The lowest BCUT2D eigenvalue weighted by atomic mass is 10.1. The SMILES string of the molecule is O=C1NC(c2c(F)cccc2Cl)CO1. The van der Waals surface area contributed by atoms with E-state index in [4.69, 9.17) is 11.6 Å². The predicted octanol–water partition coefficient (Wildman–Crippen LogP) is 2.26. The summed E-state index contributed by atoms with van der Waals surface area (Å²) < 4.78 is 18.0. The Morgan fingerprint density at radius 2 is 2.36 bits per heavy atom. The molecule has 5 heteroatoms. The number of carbonyl (C=O) groups excluding carboxylic acids is 1. The Bertz CT molecular complexity index is 363. The summed E-state index contributed by atoms with van der Waals surface area (Å²) in [5, 5.41) is 2.76. The van der Waals surface area contributed by atoms with Gasteiger partial charge in [-0.25, -0.2) is 9.18 Å². The van der Waals surface area contributed by atoms with E-state index in [0.717, 1.165) is 0 Å². The van der Waals surface area contributed by atoms with Crippen LogP contribution in [-0.2, 0) is 4.74 Å². The second-order valence-electron chi connectivity index (χ2n) is 2.93. The summed E-state index contributed by atoms with van der Waals surface area (Å²) in [6, 6.07) is 3.89. The van der Waals surface area contributed by atoms with E-state index in [9.17, 15) is 9.18 Å². The largest absolute Gasteiger partial charge is 0.447 e. The van der Waals surface area contributed by atoms with Crippen LogP contribution in [0.4, 0.5) is 9.18 Å². The van der Waals surface area contributed by atoms with Crippen LogP contribution in [0.25, 0.3) is 0 Å². The van der Waals surface area contributed by atoms with E-state index in [-0.39, 0.29) is 12.2 Å². The molecule has 1 atom stereocenters. The fourth-order valence-corrected chi connectivity index (χ4v) is 1.68. The fraction of sp³-hybridized carbons (Fsp3) is 0.222. The standard InChI is InChI=1S/C9H7ClFNO2/c10-5-2-1-3-6(11)8(5)7-4-14-9(13)12-7/h1-3,7H,4H2,(H,12,13).